The first-order valence-corrected chi connectivity index (χ1v) is 4.48. The minimum Gasteiger partial charge on any atom is -0.354 e. The average Bonchev–Trinajstić information content (AvgIpc) is 2.69. The molecule has 0 saturated carbocycles. The van der Waals surface area contributed by atoms with E-state index in [1.165, 1.54) is 12.8 Å². The molecule has 64 valence electrons. The Morgan fingerprint density at radius 3 is 2.55 bits per heavy atom. The minimum atomic E-state index is 0.359. The summed E-state index contributed by atoms with van der Waals surface area (Å²) in [5.41, 5.74) is 0. The summed E-state index contributed by atoms with van der Waals surface area (Å²) in [5, 5.41) is 6.82. The van der Waals surface area contributed by atoms with Gasteiger partial charge in [-0.05, 0) is 32.9 Å². The van der Waals surface area contributed by atoms with Gasteiger partial charge in [-0.1, -0.05) is 0 Å². The van der Waals surface area contributed by atoms with Crippen molar-refractivity contribution < 1.29 is 4.74 Å². The zero-order valence-corrected chi connectivity index (χ0v) is 6.97. The zero-order chi connectivity index (χ0) is 7.68. The fourth-order valence-corrected chi connectivity index (χ4v) is 1.58. The van der Waals surface area contributed by atoms with Crippen LogP contribution in [0, 0.1) is 0 Å². The van der Waals surface area contributed by atoms with Crippen LogP contribution in [0.1, 0.15) is 19.8 Å². The van der Waals surface area contributed by atoms with Crippen LogP contribution in [0.5, 0.6) is 0 Å². The molecule has 2 atom stereocenters. The van der Waals surface area contributed by atoms with Crippen LogP contribution < -0.4 is 10.6 Å². The standard InChI is InChI=1S/C8H16N2O/c1-6-8(11-6)10-7-2-4-9-5-3-7/h6-10H,2-5H2,1H3. The molecule has 0 aromatic heterocycles. The number of ether oxygens (including phenoxy) is 1. The molecule has 0 aromatic carbocycles. The lowest BCUT2D eigenvalue weighted by molar-refractivity contribution is 0.300. The molecule has 2 aliphatic heterocycles. The van der Waals surface area contributed by atoms with E-state index in [0.717, 1.165) is 13.1 Å². The summed E-state index contributed by atoms with van der Waals surface area (Å²) in [6, 6.07) is 0.686. The Morgan fingerprint density at radius 1 is 1.36 bits per heavy atom. The summed E-state index contributed by atoms with van der Waals surface area (Å²) >= 11 is 0. The largest absolute Gasteiger partial charge is 0.354 e. The highest BCUT2D eigenvalue weighted by Crippen LogP contribution is 2.19. The van der Waals surface area contributed by atoms with Gasteiger partial charge >= 0.3 is 0 Å². The van der Waals surface area contributed by atoms with Crippen molar-refractivity contribution in [3.63, 3.8) is 0 Å². The number of hydrogen-bond donors (Lipinski definition) is 2. The number of nitrogens with one attached hydrogen (secondary N) is 2. The monoisotopic (exact) mass is 156 g/mol. The molecule has 2 unspecified atom stereocenters. The molecule has 3 heteroatoms. The number of hydrogen-bond acceptors (Lipinski definition) is 3. The summed E-state index contributed by atoms with van der Waals surface area (Å²) in [4.78, 5) is 0. The Balaban J connectivity index is 1.68. The van der Waals surface area contributed by atoms with Crippen LogP contribution in [0.3, 0.4) is 0 Å². The van der Waals surface area contributed by atoms with Gasteiger partial charge in [0.2, 0.25) is 0 Å². The van der Waals surface area contributed by atoms with Crippen LogP contribution in [0.4, 0.5) is 0 Å². The second kappa shape index (κ2) is 3.09. The molecule has 2 rings (SSSR count). The molecule has 2 saturated heterocycles. The van der Waals surface area contributed by atoms with Gasteiger partial charge in [-0.3, -0.25) is 5.32 Å². The zero-order valence-electron chi connectivity index (χ0n) is 6.97. The van der Waals surface area contributed by atoms with Gasteiger partial charge in [0.25, 0.3) is 0 Å². The van der Waals surface area contributed by atoms with Crippen molar-refractivity contribution in [2.45, 2.75) is 38.1 Å². The van der Waals surface area contributed by atoms with E-state index in [9.17, 15) is 0 Å². The maximum atomic E-state index is 5.29. The molecular weight excluding hydrogens is 140 g/mol. The summed E-state index contributed by atoms with van der Waals surface area (Å²) in [6.45, 7) is 4.41. The van der Waals surface area contributed by atoms with Crippen molar-refractivity contribution in [2.24, 2.45) is 0 Å². The molecule has 0 bridgehead atoms. The molecule has 2 aliphatic rings. The summed E-state index contributed by atoms with van der Waals surface area (Å²) < 4.78 is 5.29. The fraction of sp³-hybridized carbons (Fsp3) is 1.00. The molecule has 0 aliphatic carbocycles. The average molecular weight is 156 g/mol. The Morgan fingerprint density at radius 2 is 2.00 bits per heavy atom. The highest BCUT2D eigenvalue weighted by atomic mass is 16.6. The molecule has 0 aromatic rings. The van der Waals surface area contributed by atoms with E-state index in [2.05, 4.69) is 17.6 Å². The van der Waals surface area contributed by atoms with Crippen molar-refractivity contribution >= 4 is 0 Å². The fourth-order valence-electron chi connectivity index (χ4n) is 1.58. The van der Waals surface area contributed by atoms with Crippen molar-refractivity contribution in [1.82, 2.24) is 10.6 Å². The van der Waals surface area contributed by atoms with Crippen molar-refractivity contribution in [1.29, 1.82) is 0 Å². The predicted molar refractivity (Wildman–Crippen MR) is 43.4 cm³/mol. The molecule has 0 radical (unpaired) electrons. The molecule has 2 heterocycles. The smallest absolute Gasteiger partial charge is 0.135 e. The highest BCUT2D eigenvalue weighted by molar-refractivity contribution is 4.84. The number of epoxide rings is 1. The highest BCUT2D eigenvalue weighted by Gasteiger charge is 2.35. The first-order chi connectivity index (χ1) is 5.36. The lowest BCUT2D eigenvalue weighted by Crippen LogP contribution is -2.41. The first kappa shape index (κ1) is 7.53. The molecule has 11 heavy (non-hydrogen) atoms. The third-order valence-corrected chi connectivity index (χ3v) is 2.45. The topological polar surface area (TPSA) is 36.6 Å². The van der Waals surface area contributed by atoms with E-state index in [0.29, 0.717) is 18.4 Å². The summed E-state index contributed by atoms with van der Waals surface area (Å²) in [5.74, 6) is 0. The van der Waals surface area contributed by atoms with E-state index in [1.807, 2.05) is 0 Å². The second-order valence-corrected chi connectivity index (χ2v) is 3.45. The van der Waals surface area contributed by atoms with Gasteiger partial charge in [0, 0.05) is 6.04 Å². The van der Waals surface area contributed by atoms with Crippen LogP contribution in [0.25, 0.3) is 0 Å². The lowest BCUT2D eigenvalue weighted by atomic mass is 10.1. The maximum absolute atomic E-state index is 5.29. The van der Waals surface area contributed by atoms with Crippen LogP contribution in [-0.2, 0) is 4.74 Å². The number of piperidine rings is 1. The predicted octanol–water partition coefficient (Wildman–Crippen LogP) is 0.0728. The van der Waals surface area contributed by atoms with Crippen molar-refractivity contribution in [3.05, 3.63) is 0 Å². The van der Waals surface area contributed by atoms with E-state index in [-0.39, 0.29) is 0 Å². The molecule has 3 nitrogen and oxygen atoms in total. The maximum Gasteiger partial charge on any atom is 0.135 e. The van der Waals surface area contributed by atoms with Gasteiger partial charge in [0.15, 0.2) is 0 Å². The van der Waals surface area contributed by atoms with Crippen LogP contribution in [-0.4, -0.2) is 31.5 Å². The minimum absolute atomic E-state index is 0.359. The molecule has 0 spiro atoms. The van der Waals surface area contributed by atoms with E-state index in [4.69, 9.17) is 4.74 Å². The lowest BCUT2D eigenvalue weighted by Gasteiger charge is -2.22. The van der Waals surface area contributed by atoms with Gasteiger partial charge < -0.3 is 10.1 Å². The van der Waals surface area contributed by atoms with Gasteiger partial charge in [0.05, 0.1) is 6.10 Å². The van der Waals surface area contributed by atoms with E-state index >= 15 is 0 Å². The molecule has 0 amide bonds. The van der Waals surface area contributed by atoms with Gasteiger partial charge in [-0.25, -0.2) is 0 Å². The Labute approximate surface area is 67.5 Å². The Bertz CT molecular complexity index is 134. The van der Waals surface area contributed by atoms with E-state index < -0.39 is 0 Å². The van der Waals surface area contributed by atoms with Gasteiger partial charge in [-0.2, -0.15) is 0 Å². The van der Waals surface area contributed by atoms with Crippen LogP contribution >= 0.6 is 0 Å². The van der Waals surface area contributed by atoms with Gasteiger partial charge in [0.1, 0.15) is 6.23 Å². The SMILES string of the molecule is CC1OC1NC1CCNCC1. The van der Waals surface area contributed by atoms with Crippen LogP contribution in [0.15, 0.2) is 0 Å². The van der Waals surface area contributed by atoms with Crippen molar-refractivity contribution in [2.75, 3.05) is 13.1 Å². The Kier molecular flexibility index (Phi) is 2.11. The summed E-state index contributed by atoms with van der Waals surface area (Å²) in [6.07, 6.45) is 3.29. The van der Waals surface area contributed by atoms with Gasteiger partial charge in [-0.15, -0.1) is 0 Å². The quantitative estimate of drug-likeness (QED) is 0.556. The molecule has 2 fully saturated rings. The molecule has 2 N–H and O–H groups in total. The first-order valence-electron chi connectivity index (χ1n) is 4.48. The summed E-state index contributed by atoms with van der Waals surface area (Å²) in [7, 11) is 0. The molecular formula is C8H16N2O. The van der Waals surface area contributed by atoms with E-state index in [1.54, 1.807) is 0 Å². The third-order valence-electron chi connectivity index (χ3n) is 2.45. The number of rotatable bonds is 2. The van der Waals surface area contributed by atoms with Crippen LogP contribution in [0.2, 0.25) is 0 Å². The third kappa shape index (κ3) is 1.92. The Hall–Kier alpha value is -0.120. The van der Waals surface area contributed by atoms with Crippen molar-refractivity contribution in [3.8, 4) is 0 Å². The normalized spacial score (nSPS) is 39.0. The second-order valence-electron chi connectivity index (χ2n) is 3.45.